The van der Waals surface area contributed by atoms with Crippen LogP contribution in [0.4, 0.5) is 5.82 Å². The van der Waals surface area contributed by atoms with Gasteiger partial charge in [-0.25, -0.2) is 9.97 Å². The summed E-state index contributed by atoms with van der Waals surface area (Å²) in [5.74, 6) is 2.75. The second-order valence-electron chi connectivity index (χ2n) is 6.27. The molecule has 1 fully saturated rings. The number of piperidine rings is 1. The van der Waals surface area contributed by atoms with Gasteiger partial charge >= 0.3 is 0 Å². The molecule has 9 heteroatoms. The fourth-order valence-electron chi connectivity index (χ4n) is 2.99. The average Bonchev–Trinajstić information content (AvgIpc) is 3.04. The molecule has 0 atom stereocenters. The summed E-state index contributed by atoms with van der Waals surface area (Å²) in [4.78, 5) is 15.5. The fourth-order valence-corrected chi connectivity index (χ4v) is 2.99. The molecule has 2 N–H and O–H groups in total. The average molecular weight is 470 g/mol. The van der Waals surface area contributed by atoms with Crippen molar-refractivity contribution in [2.45, 2.75) is 32.4 Å². The number of aromatic nitrogens is 4. The van der Waals surface area contributed by atoms with Crippen LogP contribution in [0.3, 0.4) is 0 Å². The highest BCUT2D eigenvalue weighted by molar-refractivity contribution is 14.0. The second-order valence-corrected chi connectivity index (χ2v) is 6.27. The van der Waals surface area contributed by atoms with Gasteiger partial charge in [-0.2, -0.15) is 5.10 Å². The maximum absolute atomic E-state index is 4.62. The van der Waals surface area contributed by atoms with E-state index in [9.17, 15) is 0 Å². The normalized spacial score (nSPS) is 15.5. The summed E-state index contributed by atoms with van der Waals surface area (Å²) in [5, 5.41) is 10.9. The number of hydrogen-bond donors (Lipinski definition) is 2. The van der Waals surface area contributed by atoms with E-state index in [0.717, 1.165) is 49.2 Å². The Hall–Kier alpha value is -1.91. The van der Waals surface area contributed by atoms with Crippen LogP contribution in [-0.4, -0.2) is 51.9 Å². The number of nitrogens with zero attached hydrogens (tertiary/aromatic N) is 6. The van der Waals surface area contributed by atoms with Gasteiger partial charge in [-0.15, -0.1) is 24.0 Å². The Morgan fingerprint density at radius 1 is 1.31 bits per heavy atom. The maximum Gasteiger partial charge on any atom is 0.191 e. The molecular weight excluding hydrogens is 443 g/mol. The van der Waals surface area contributed by atoms with Crippen molar-refractivity contribution >= 4 is 35.8 Å². The largest absolute Gasteiger partial charge is 0.356 e. The van der Waals surface area contributed by atoms with Crippen LogP contribution in [0, 0.1) is 6.92 Å². The number of aliphatic imine (C=N–C) groups is 1. The van der Waals surface area contributed by atoms with E-state index in [-0.39, 0.29) is 24.0 Å². The van der Waals surface area contributed by atoms with E-state index >= 15 is 0 Å². The topological polar surface area (TPSA) is 83.3 Å². The van der Waals surface area contributed by atoms with Gasteiger partial charge in [0.05, 0.1) is 6.54 Å². The minimum Gasteiger partial charge on any atom is -0.356 e. The lowest BCUT2D eigenvalue weighted by molar-refractivity contribution is 0.459. The van der Waals surface area contributed by atoms with E-state index in [2.05, 4.69) is 47.7 Å². The van der Waals surface area contributed by atoms with Crippen LogP contribution < -0.4 is 15.5 Å². The molecule has 8 nitrogen and oxygen atoms in total. The quantitative estimate of drug-likeness (QED) is 0.400. The van der Waals surface area contributed by atoms with Crippen molar-refractivity contribution in [2.24, 2.45) is 12.0 Å². The van der Waals surface area contributed by atoms with E-state index in [1.54, 1.807) is 18.1 Å². The number of guanidine groups is 1. The number of hydrogen-bond acceptors (Lipinski definition) is 5. The second kappa shape index (κ2) is 9.70. The first-order chi connectivity index (χ1) is 12.2. The van der Waals surface area contributed by atoms with Gasteiger partial charge in [0, 0.05) is 38.9 Å². The highest BCUT2D eigenvalue weighted by Gasteiger charge is 2.21. The molecule has 2 aromatic heterocycles. The molecule has 1 saturated heterocycles. The highest BCUT2D eigenvalue weighted by Crippen LogP contribution is 2.18. The van der Waals surface area contributed by atoms with Crippen molar-refractivity contribution in [3.63, 3.8) is 0 Å². The maximum atomic E-state index is 4.62. The zero-order valence-electron chi connectivity index (χ0n) is 15.5. The van der Waals surface area contributed by atoms with Gasteiger partial charge in [-0.05, 0) is 31.9 Å². The molecular formula is C17H27IN8. The Bertz CT molecular complexity index is 721. The summed E-state index contributed by atoms with van der Waals surface area (Å²) in [6.07, 6.45) is 3.67. The van der Waals surface area contributed by atoms with Crippen LogP contribution in [0.25, 0.3) is 0 Å². The fraction of sp³-hybridized carbons (Fsp3) is 0.529. The molecule has 0 unspecified atom stereocenters. The summed E-state index contributed by atoms with van der Waals surface area (Å²) < 4.78 is 1.76. The predicted molar refractivity (Wildman–Crippen MR) is 114 cm³/mol. The SMILES string of the molecule is CN=C(NCc1ncnn1C)NC1CCN(c2cccc(C)n2)CC1.I. The lowest BCUT2D eigenvalue weighted by Gasteiger charge is -2.34. The smallest absolute Gasteiger partial charge is 0.191 e. The van der Waals surface area contributed by atoms with E-state index in [1.165, 1.54) is 0 Å². The Morgan fingerprint density at radius 3 is 2.69 bits per heavy atom. The van der Waals surface area contributed by atoms with Crippen LogP contribution in [-0.2, 0) is 13.6 Å². The molecule has 1 aliphatic rings. The monoisotopic (exact) mass is 470 g/mol. The number of halogens is 1. The minimum atomic E-state index is 0. The molecule has 3 rings (SSSR count). The molecule has 1 aliphatic heterocycles. The minimum absolute atomic E-state index is 0. The Labute approximate surface area is 171 Å². The first kappa shape index (κ1) is 20.4. The van der Waals surface area contributed by atoms with Gasteiger partial charge in [0.15, 0.2) is 5.96 Å². The molecule has 0 aliphatic carbocycles. The molecule has 3 heterocycles. The zero-order chi connectivity index (χ0) is 17.6. The van der Waals surface area contributed by atoms with Gasteiger partial charge in [-0.1, -0.05) is 6.07 Å². The van der Waals surface area contributed by atoms with Gasteiger partial charge in [0.25, 0.3) is 0 Å². The molecule has 2 aromatic rings. The van der Waals surface area contributed by atoms with Crippen LogP contribution in [0.2, 0.25) is 0 Å². The lowest BCUT2D eigenvalue weighted by atomic mass is 10.1. The third-order valence-corrected chi connectivity index (χ3v) is 4.48. The van der Waals surface area contributed by atoms with Crippen LogP contribution in [0.15, 0.2) is 29.5 Å². The molecule has 142 valence electrons. The molecule has 26 heavy (non-hydrogen) atoms. The third-order valence-electron chi connectivity index (χ3n) is 4.48. The molecule has 0 bridgehead atoms. The molecule has 0 amide bonds. The Kier molecular flexibility index (Phi) is 7.61. The highest BCUT2D eigenvalue weighted by atomic mass is 127. The van der Waals surface area contributed by atoms with Crippen molar-refractivity contribution in [3.8, 4) is 0 Å². The van der Waals surface area contributed by atoms with E-state index in [0.29, 0.717) is 12.6 Å². The van der Waals surface area contributed by atoms with Crippen molar-refractivity contribution in [1.29, 1.82) is 0 Å². The van der Waals surface area contributed by atoms with Crippen LogP contribution in [0.5, 0.6) is 0 Å². The number of nitrogens with one attached hydrogen (secondary N) is 2. The van der Waals surface area contributed by atoms with Crippen molar-refractivity contribution < 1.29 is 0 Å². The summed E-state index contributed by atoms with van der Waals surface area (Å²) in [5.41, 5.74) is 1.06. The first-order valence-electron chi connectivity index (χ1n) is 8.64. The molecule has 0 radical (unpaired) electrons. The predicted octanol–water partition coefficient (Wildman–Crippen LogP) is 1.47. The summed E-state index contributed by atoms with van der Waals surface area (Å²) in [6.45, 7) is 4.62. The standard InChI is InChI=1S/C17H26N8.HI/c1-13-5-4-6-15(22-13)25-9-7-14(8-10-25)23-17(18-2)19-11-16-20-12-21-24(16)3;/h4-6,12,14H,7-11H2,1-3H3,(H2,18,19,23);1H. The van der Waals surface area contributed by atoms with Crippen molar-refractivity contribution in [3.05, 3.63) is 36.0 Å². The van der Waals surface area contributed by atoms with Gasteiger partial charge in [-0.3, -0.25) is 9.67 Å². The van der Waals surface area contributed by atoms with E-state index in [4.69, 9.17) is 0 Å². The number of aryl methyl sites for hydroxylation is 2. The molecule has 0 spiro atoms. The van der Waals surface area contributed by atoms with Crippen molar-refractivity contribution in [2.75, 3.05) is 25.0 Å². The van der Waals surface area contributed by atoms with Crippen molar-refractivity contribution in [1.82, 2.24) is 30.4 Å². The van der Waals surface area contributed by atoms with Gasteiger partial charge < -0.3 is 15.5 Å². The zero-order valence-corrected chi connectivity index (χ0v) is 17.8. The van der Waals surface area contributed by atoms with Gasteiger partial charge in [0.1, 0.15) is 18.0 Å². The van der Waals surface area contributed by atoms with Crippen LogP contribution in [0.1, 0.15) is 24.4 Å². The number of anilines is 1. The summed E-state index contributed by atoms with van der Waals surface area (Å²) >= 11 is 0. The number of rotatable bonds is 4. The van der Waals surface area contributed by atoms with Gasteiger partial charge in [0.2, 0.25) is 0 Å². The van der Waals surface area contributed by atoms with E-state index in [1.807, 2.05) is 20.0 Å². The van der Waals surface area contributed by atoms with E-state index < -0.39 is 0 Å². The van der Waals surface area contributed by atoms with Crippen LogP contribution >= 0.6 is 24.0 Å². The first-order valence-corrected chi connectivity index (χ1v) is 8.64. The third kappa shape index (κ3) is 5.29. The molecule has 0 aromatic carbocycles. The summed E-state index contributed by atoms with van der Waals surface area (Å²) in [7, 11) is 3.67. The Morgan fingerprint density at radius 2 is 2.08 bits per heavy atom. The summed E-state index contributed by atoms with van der Waals surface area (Å²) in [6, 6.07) is 6.60. The molecule has 0 saturated carbocycles. The Balaban J connectivity index is 0.00000243. The lowest BCUT2D eigenvalue weighted by Crippen LogP contribution is -2.48. The number of pyridine rings is 1.